The van der Waals surface area contributed by atoms with Crippen LogP contribution in [0.3, 0.4) is 0 Å². The summed E-state index contributed by atoms with van der Waals surface area (Å²) in [5, 5.41) is 6.12. The van der Waals surface area contributed by atoms with Crippen molar-refractivity contribution >= 4 is 34.8 Å². The molecule has 2 aromatic rings. The third-order valence-electron chi connectivity index (χ3n) is 3.68. The molecule has 0 aromatic heterocycles. The summed E-state index contributed by atoms with van der Waals surface area (Å²) in [5.74, 6) is -0.0589. The van der Waals surface area contributed by atoms with Gasteiger partial charge in [-0.1, -0.05) is 31.5 Å². The monoisotopic (exact) mass is 360 g/mol. The third-order valence-corrected chi connectivity index (χ3v) is 4.08. The summed E-state index contributed by atoms with van der Waals surface area (Å²) in [6.07, 6.45) is 0. The molecular formula is C19H21ClN2O3. The van der Waals surface area contributed by atoms with Crippen LogP contribution in [0.4, 0.5) is 11.4 Å². The van der Waals surface area contributed by atoms with Crippen molar-refractivity contribution in [3.63, 3.8) is 0 Å². The van der Waals surface area contributed by atoms with Crippen LogP contribution in [-0.2, 0) is 4.79 Å². The van der Waals surface area contributed by atoms with E-state index in [1.807, 2.05) is 20.8 Å². The molecule has 2 amide bonds. The SMILES string of the molecule is COc1cc(NC(=O)c2ccc(C)c(Cl)c2)ccc1NC(=O)C(C)C. The van der Waals surface area contributed by atoms with Crippen LogP contribution in [0.25, 0.3) is 0 Å². The standard InChI is InChI=1S/C19H21ClN2O3/c1-11(2)18(23)22-16-8-7-14(10-17(16)25-4)21-19(24)13-6-5-12(3)15(20)9-13/h5-11H,1-4H3,(H,21,24)(H,22,23). The zero-order chi connectivity index (χ0) is 18.6. The molecule has 0 bridgehead atoms. The van der Waals surface area contributed by atoms with Crippen LogP contribution in [-0.4, -0.2) is 18.9 Å². The second-order valence-electron chi connectivity index (χ2n) is 5.98. The number of aryl methyl sites for hydroxylation is 1. The summed E-state index contributed by atoms with van der Waals surface area (Å²) < 4.78 is 5.30. The number of benzene rings is 2. The van der Waals surface area contributed by atoms with Gasteiger partial charge in [-0.05, 0) is 36.8 Å². The molecule has 0 atom stereocenters. The number of hydrogen-bond donors (Lipinski definition) is 2. The third kappa shape index (κ3) is 4.73. The molecule has 0 heterocycles. The Hall–Kier alpha value is -2.53. The van der Waals surface area contributed by atoms with E-state index in [0.717, 1.165) is 5.56 Å². The highest BCUT2D eigenvalue weighted by molar-refractivity contribution is 6.31. The van der Waals surface area contributed by atoms with E-state index in [1.54, 1.807) is 36.4 Å². The van der Waals surface area contributed by atoms with E-state index in [9.17, 15) is 9.59 Å². The van der Waals surface area contributed by atoms with Gasteiger partial charge in [0.1, 0.15) is 5.75 Å². The summed E-state index contributed by atoms with van der Waals surface area (Å²) >= 11 is 6.06. The molecule has 0 fully saturated rings. The van der Waals surface area contributed by atoms with Crippen LogP contribution in [0.1, 0.15) is 29.8 Å². The Morgan fingerprint density at radius 1 is 1.08 bits per heavy atom. The van der Waals surface area contributed by atoms with Crippen molar-refractivity contribution < 1.29 is 14.3 Å². The van der Waals surface area contributed by atoms with E-state index in [-0.39, 0.29) is 17.7 Å². The molecule has 2 rings (SSSR count). The largest absolute Gasteiger partial charge is 0.494 e. The second kappa shape index (κ2) is 8.03. The van der Waals surface area contributed by atoms with Crippen LogP contribution < -0.4 is 15.4 Å². The maximum atomic E-state index is 12.3. The Labute approximate surface area is 152 Å². The number of rotatable bonds is 5. The molecule has 0 aliphatic rings. The van der Waals surface area contributed by atoms with Crippen molar-refractivity contribution in [3.8, 4) is 5.75 Å². The fourth-order valence-corrected chi connectivity index (χ4v) is 2.27. The van der Waals surface area contributed by atoms with Crippen LogP contribution in [0.5, 0.6) is 5.75 Å². The number of anilines is 2. The number of hydrogen-bond acceptors (Lipinski definition) is 3. The Morgan fingerprint density at radius 2 is 1.80 bits per heavy atom. The molecule has 132 valence electrons. The maximum Gasteiger partial charge on any atom is 0.255 e. The van der Waals surface area contributed by atoms with Crippen molar-refractivity contribution in [2.75, 3.05) is 17.7 Å². The Bertz CT molecular complexity index is 803. The topological polar surface area (TPSA) is 67.4 Å². The Balaban J connectivity index is 2.18. The lowest BCUT2D eigenvalue weighted by Crippen LogP contribution is -2.18. The number of carbonyl (C=O) groups is 2. The normalized spacial score (nSPS) is 10.5. The highest BCUT2D eigenvalue weighted by atomic mass is 35.5. The number of nitrogens with one attached hydrogen (secondary N) is 2. The first kappa shape index (κ1) is 18.8. The number of methoxy groups -OCH3 is 1. The lowest BCUT2D eigenvalue weighted by Gasteiger charge is -2.14. The summed E-state index contributed by atoms with van der Waals surface area (Å²) in [7, 11) is 1.51. The second-order valence-corrected chi connectivity index (χ2v) is 6.38. The first-order valence-electron chi connectivity index (χ1n) is 7.88. The Kier molecular flexibility index (Phi) is 6.04. The molecule has 2 N–H and O–H groups in total. The molecule has 0 saturated heterocycles. The lowest BCUT2D eigenvalue weighted by molar-refractivity contribution is -0.118. The molecule has 2 aromatic carbocycles. The van der Waals surface area contributed by atoms with Gasteiger partial charge in [0, 0.05) is 28.3 Å². The van der Waals surface area contributed by atoms with Gasteiger partial charge < -0.3 is 15.4 Å². The minimum atomic E-state index is -0.275. The molecule has 0 unspecified atom stereocenters. The summed E-state index contributed by atoms with van der Waals surface area (Å²) in [6.45, 7) is 5.49. The van der Waals surface area contributed by atoms with E-state index >= 15 is 0 Å². The molecule has 5 nitrogen and oxygen atoms in total. The van der Waals surface area contributed by atoms with Crippen LogP contribution in [0.2, 0.25) is 5.02 Å². The van der Waals surface area contributed by atoms with Crippen LogP contribution in [0.15, 0.2) is 36.4 Å². The number of halogens is 1. The number of carbonyl (C=O) groups excluding carboxylic acids is 2. The van der Waals surface area contributed by atoms with Crippen LogP contribution in [0, 0.1) is 12.8 Å². The molecule has 0 spiro atoms. The summed E-state index contributed by atoms with van der Waals surface area (Å²) in [6, 6.07) is 10.2. The summed E-state index contributed by atoms with van der Waals surface area (Å²) in [5.41, 5.74) is 2.48. The van der Waals surface area contributed by atoms with Gasteiger partial charge in [0.15, 0.2) is 0 Å². The fourth-order valence-electron chi connectivity index (χ4n) is 2.09. The van der Waals surface area contributed by atoms with E-state index in [4.69, 9.17) is 16.3 Å². The molecule has 0 saturated carbocycles. The van der Waals surface area contributed by atoms with Gasteiger partial charge in [0.2, 0.25) is 5.91 Å². The highest BCUT2D eigenvalue weighted by Gasteiger charge is 2.13. The maximum absolute atomic E-state index is 12.3. The van der Waals surface area contributed by atoms with Gasteiger partial charge in [-0.2, -0.15) is 0 Å². The van der Waals surface area contributed by atoms with Crippen LogP contribution >= 0.6 is 11.6 Å². The molecule has 0 aliphatic heterocycles. The van der Waals surface area contributed by atoms with E-state index < -0.39 is 0 Å². The van der Waals surface area contributed by atoms with Crippen molar-refractivity contribution in [3.05, 3.63) is 52.5 Å². The molecular weight excluding hydrogens is 340 g/mol. The smallest absolute Gasteiger partial charge is 0.255 e. The van der Waals surface area contributed by atoms with Crippen molar-refractivity contribution in [2.45, 2.75) is 20.8 Å². The van der Waals surface area contributed by atoms with Gasteiger partial charge in [-0.15, -0.1) is 0 Å². The van der Waals surface area contributed by atoms with Gasteiger partial charge in [-0.3, -0.25) is 9.59 Å². The zero-order valence-corrected chi connectivity index (χ0v) is 15.4. The van der Waals surface area contributed by atoms with E-state index in [1.165, 1.54) is 7.11 Å². The van der Waals surface area contributed by atoms with E-state index in [0.29, 0.717) is 27.7 Å². The highest BCUT2D eigenvalue weighted by Crippen LogP contribution is 2.29. The zero-order valence-electron chi connectivity index (χ0n) is 14.6. The van der Waals surface area contributed by atoms with Crippen molar-refractivity contribution in [1.29, 1.82) is 0 Å². The molecule has 6 heteroatoms. The average Bonchev–Trinajstić information content (AvgIpc) is 2.58. The minimum Gasteiger partial charge on any atom is -0.494 e. The van der Waals surface area contributed by atoms with Crippen molar-refractivity contribution in [1.82, 2.24) is 0 Å². The van der Waals surface area contributed by atoms with Gasteiger partial charge in [-0.25, -0.2) is 0 Å². The lowest BCUT2D eigenvalue weighted by atomic mass is 10.1. The first-order valence-corrected chi connectivity index (χ1v) is 8.26. The molecule has 25 heavy (non-hydrogen) atoms. The summed E-state index contributed by atoms with van der Waals surface area (Å²) in [4.78, 5) is 24.2. The molecule has 0 radical (unpaired) electrons. The minimum absolute atomic E-state index is 0.107. The predicted octanol–water partition coefficient (Wildman–Crippen LogP) is 4.50. The average molecular weight is 361 g/mol. The van der Waals surface area contributed by atoms with Crippen molar-refractivity contribution in [2.24, 2.45) is 5.92 Å². The quantitative estimate of drug-likeness (QED) is 0.824. The van der Waals surface area contributed by atoms with Gasteiger partial charge in [0.05, 0.1) is 12.8 Å². The number of ether oxygens (including phenoxy) is 1. The van der Waals surface area contributed by atoms with Gasteiger partial charge in [0.25, 0.3) is 5.91 Å². The van der Waals surface area contributed by atoms with E-state index in [2.05, 4.69) is 10.6 Å². The fraction of sp³-hybridized carbons (Fsp3) is 0.263. The molecule has 0 aliphatic carbocycles. The first-order chi connectivity index (χ1) is 11.8. The Morgan fingerprint density at radius 3 is 2.40 bits per heavy atom. The predicted molar refractivity (Wildman–Crippen MR) is 101 cm³/mol. The van der Waals surface area contributed by atoms with Gasteiger partial charge >= 0.3 is 0 Å². The number of amides is 2.